The average Bonchev–Trinajstić information content (AvgIpc) is 3.31. The molecule has 162 valence electrons. The number of nitrogens with zero attached hydrogens (tertiary/aromatic N) is 3. The fourth-order valence-corrected chi connectivity index (χ4v) is 4.91. The topological polar surface area (TPSA) is 67.2 Å². The molecule has 1 saturated heterocycles. The molecule has 0 atom stereocenters. The zero-order valence-corrected chi connectivity index (χ0v) is 17.9. The van der Waals surface area contributed by atoms with E-state index in [9.17, 15) is 9.59 Å². The van der Waals surface area contributed by atoms with Gasteiger partial charge in [-0.05, 0) is 44.3 Å². The smallest absolute Gasteiger partial charge is 0.274 e. The summed E-state index contributed by atoms with van der Waals surface area (Å²) in [7, 11) is 0. The Hall–Kier alpha value is -2.21. The fraction of sp³-hybridized carbons (Fsp3) is 0.625. The molecular formula is C24H34N4O2. The summed E-state index contributed by atoms with van der Waals surface area (Å²) < 4.78 is 1.59. The maximum Gasteiger partial charge on any atom is 0.274 e. The van der Waals surface area contributed by atoms with Crippen molar-refractivity contribution >= 4 is 16.7 Å². The van der Waals surface area contributed by atoms with Gasteiger partial charge in [0.1, 0.15) is 0 Å². The van der Waals surface area contributed by atoms with Crippen LogP contribution in [0.1, 0.15) is 63.5 Å². The van der Waals surface area contributed by atoms with Crippen LogP contribution >= 0.6 is 0 Å². The summed E-state index contributed by atoms with van der Waals surface area (Å²) in [6, 6.07) is 7.60. The molecule has 4 rings (SSSR count). The molecule has 1 N–H and O–H groups in total. The minimum absolute atomic E-state index is 0.0443. The fourth-order valence-electron chi connectivity index (χ4n) is 4.91. The first-order valence-corrected chi connectivity index (χ1v) is 11.7. The molecule has 2 fully saturated rings. The largest absolute Gasteiger partial charge is 0.350 e. The Kier molecular flexibility index (Phi) is 7.16. The van der Waals surface area contributed by atoms with Gasteiger partial charge in [0.15, 0.2) is 0 Å². The van der Waals surface area contributed by atoms with Crippen LogP contribution in [0.15, 0.2) is 29.1 Å². The van der Waals surface area contributed by atoms with Crippen molar-refractivity contribution in [3.8, 4) is 0 Å². The lowest BCUT2D eigenvalue weighted by molar-refractivity contribution is -0.121. The van der Waals surface area contributed by atoms with Gasteiger partial charge in [0.05, 0.1) is 24.2 Å². The Morgan fingerprint density at radius 2 is 1.73 bits per heavy atom. The molecule has 0 radical (unpaired) electrons. The highest BCUT2D eigenvalue weighted by Gasteiger charge is 2.16. The third-order valence-corrected chi connectivity index (χ3v) is 6.73. The summed E-state index contributed by atoms with van der Waals surface area (Å²) in [6.45, 7) is 4.01. The van der Waals surface area contributed by atoms with E-state index in [0.717, 1.165) is 37.1 Å². The molecule has 6 heteroatoms. The molecule has 0 spiro atoms. The molecule has 1 aliphatic heterocycles. The Morgan fingerprint density at radius 1 is 1.00 bits per heavy atom. The SMILES string of the molecule is O=C(CCC1CCCCC1)NCc1nn(CCN2CCCC2)c(=O)c2ccccc12. The summed E-state index contributed by atoms with van der Waals surface area (Å²) in [5.74, 6) is 0.789. The van der Waals surface area contributed by atoms with Crippen molar-refractivity contribution in [2.24, 2.45) is 5.92 Å². The molecule has 2 aliphatic rings. The third kappa shape index (κ3) is 5.28. The molecule has 1 amide bonds. The standard InChI is InChI=1S/C24H34N4O2/c29-23(13-12-19-8-2-1-3-9-19)25-18-22-20-10-4-5-11-21(20)24(30)28(26-22)17-16-27-14-6-7-15-27/h4-5,10-11,19H,1-3,6-9,12-18H2,(H,25,29). The number of hydrogen-bond donors (Lipinski definition) is 1. The molecule has 0 bridgehead atoms. The van der Waals surface area contributed by atoms with Gasteiger partial charge < -0.3 is 10.2 Å². The van der Waals surface area contributed by atoms with Crippen molar-refractivity contribution in [1.82, 2.24) is 20.0 Å². The maximum absolute atomic E-state index is 12.9. The summed E-state index contributed by atoms with van der Waals surface area (Å²) in [5, 5.41) is 9.21. The van der Waals surface area contributed by atoms with Crippen LogP contribution in [0.2, 0.25) is 0 Å². The lowest BCUT2D eigenvalue weighted by Gasteiger charge is -2.21. The van der Waals surface area contributed by atoms with Crippen LogP contribution in [-0.2, 0) is 17.9 Å². The number of fused-ring (bicyclic) bond motifs is 1. The van der Waals surface area contributed by atoms with Crippen LogP contribution in [0.5, 0.6) is 0 Å². The van der Waals surface area contributed by atoms with E-state index in [1.165, 1.54) is 44.9 Å². The second kappa shape index (κ2) is 10.2. The van der Waals surface area contributed by atoms with Crippen molar-refractivity contribution in [3.05, 3.63) is 40.3 Å². The molecule has 0 unspecified atom stereocenters. The van der Waals surface area contributed by atoms with Crippen LogP contribution in [0.4, 0.5) is 0 Å². The third-order valence-electron chi connectivity index (χ3n) is 6.73. The predicted molar refractivity (Wildman–Crippen MR) is 119 cm³/mol. The highest BCUT2D eigenvalue weighted by molar-refractivity contribution is 5.84. The second-order valence-electron chi connectivity index (χ2n) is 8.89. The predicted octanol–water partition coefficient (Wildman–Crippen LogP) is 3.47. The highest BCUT2D eigenvalue weighted by Crippen LogP contribution is 2.27. The van der Waals surface area contributed by atoms with Gasteiger partial charge in [-0.1, -0.05) is 50.3 Å². The number of hydrogen-bond acceptors (Lipinski definition) is 4. The van der Waals surface area contributed by atoms with Gasteiger partial charge >= 0.3 is 0 Å². The van der Waals surface area contributed by atoms with Crippen molar-refractivity contribution in [1.29, 1.82) is 0 Å². The Morgan fingerprint density at radius 3 is 2.50 bits per heavy atom. The molecule has 1 aromatic heterocycles. The molecule has 1 aliphatic carbocycles. The van der Waals surface area contributed by atoms with Gasteiger partial charge in [0.2, 0.25) is 5.91 Å². The number of benzene rings is 1. The molecule has 30 heavy (non-hydrogen) atoms. The first kappa shape index (κ1) is 21.0. The van der Waals surface area contributed by atoms with Crippen molar-refractivity contribution in [3.63, 3.8) is 0 Å². The second-order valence-corrected chi connectivity index (χ2v) is 8.89. The van der Waals surface area contributed by atoms with Crippen molar-refractivity contribution in [2.45, 2.75) is 70.9 Å². The number of rotatable bonds is 8. The summed E-state index contributed by atoms with van der Waals surface area (Å²) in [6.07, 6.45) is 10.5. The quantitative estimate of drug-likeness (QED) is 0.724. The Balaban J connectivity index is 1.41. The van der Waals surface area contributed by atoms with E-state index in [2.05, 4.69) is 15.3 Å². The van der Waals surface area contributed by atoms with Crippen LogP contribution in [0.25, 0.3) is 10.8 Å². The lowest BCUT2D eigenvalue weighted by Crippen LogP contribution is -2.32. The highest BCUT2D eigenvalue weighted by atomic mass is 16.1. The normalized spacial score (nSPS) is 18.1. The van der Waals surface area contributed by atoms with Gasteiger partial charge in [-0.15, -0.1) is 0 Å². The molecular weight excluding hydrogens is 376 g/mol. The number of carbonyl (C=O) groups excluding carboxylic acids is 1. The molecule has 6 nitrogen and oxygen atoms in total. The van der Waals surface area contributed by atoms with E-state index in [1.54, 1.807) is 4.68 Å². The van der Waals surface area contributed by atoms with Gasteiger partial charge in [-0.2, -0.15) is 5.10 Å². The van der Waals surface area contributed by atoms with E-state index < -0.39 is 0 Å². The van der Waals surface area contributed by atoms with E-state index in [0.29, 0.717) is 30.8 Å². The maximum atomic E-state index is 12.9. The van der Waals surface area contributed by atoms with Crippen LogP contribution < -0.4 is 10.9 Å². The van der Waals surface area contributed by atoms with Gasteiger partial charge in [-0.3, -0.25) is 9.59 Å². The Labute approximate surface area is 178 Å². The van der Waals surface area contributed by atoms with E-state index >= 15 is 0 Å². The van der Waals surface area contributed by atoms with Gasteiger partial charge in [0.25, 0.3) is 5.56 Å². The Bertz CT molecular complexity index is 911. The monoisotopic (exact) mass is 410 g/mol. The summed E-state index contributed by atoms with van der Waals surface area (Å²) in [5.41, 5.74) is 0.731. The molecule has 2 aromatic rings. The summed E-state index contributed by atoms with van der Waals surface area (Å²) >= 11 is 0. The van der Waals surface area contributed by atoms with Crippen molar-refractivity contribution < 1.29 is 4.79 Å². The van der Waals surface area contributed by atoms with Crippen molar-refractivity contribution in [2.75, 3.05) is 19.6 Å². The number of amides is 1. The molecule has 1 saturated carbocycles. The van der Waals surface area contributed by atoms with Gasteiger partial charge in [0, 0.05) is 18.4 Å². The first-order chi connectivity index (χ1) is 14.7. The number of likely N-dealkylation sites (tertiary alicyclic amines) is 1. The number of carbonyl (C=O) groups is 1. The van der Waals surface area contributed by atoms with Crippen LogP contribution in [0, 0.1) is 5.92 Å². The van der Waals surface area contributed by atoms with E-state index in [1.807, 2.05) is 24.3 Å². The minimum Gasteiger partial charge on any atom is -0.350 e. The zero-order valence-electron chi connectivity index (χ0n) is 17.9. The van der Waals surface area contributed by atoms with Gasteiger partial charge in [-0.25, -0.2) is 4.68 Å². The average molecular weight is 411 g/mol. The number of aromatic nitrogens is 2. The summed E-state index contributed by atoms with van der Waals surface area (Å²) in [4.78, 5) is 27.7. The number of nitrogens with one attached hydrogen (secondary N) is 1. The van der Waals surface area contributed by atoms with Crippen LogP contribution in [0.3, 0.4) is 0 Å². The minimum atomic E-state index is -0.0443. The van der Waals surface area contributed by atoms with Crippen LogP contribution in [-0.4, -0.2) is 40.2 Å². The van der Waals surface area contributed by atoms with E-state index in [-0.39, 0.29) is 11.5 Å². The van der Waals surface area contributed by atoms with E-state index in [4.69, 9.17) is 0 Å². The lowest BCUT2D eigenvalue weighted by atomic mass is 9.86. The molecule has 2 heterocycles. The first-order valence-electron chi connectivity index (χ1n) is 11.7. The zero-order chi connectivity index (χ0) is 20.8. The molecule has 1 aromatic carbocycles.